The van der Waals surface area contributed by atoms with Crippen molar-refractivity contribution in [3.8, 4) is 22.4 Å². The Morgan fingerprint density at radius 2 is 1.76 bits per heavy atom. The number of nitrogens with zero attached hydrogens (tertiary/aromatic N) is 1. The fourth-order valence-corrected chi connectivity index (χ4v) is 3.11. The molecule has 6 heteroatoms. The molecule has 0 bridgehead atoms. The van der Waals surface area contributed by atoms with Gasteiger partial charge in [0.15, 0.2) is 0 Å². The van der Waals surface area contributed by atoms with Crippen LogP contribution in [-0.2, 0) is 0 Å². The molecule has 0 atom stereocenters. The summed E-state index contributed by atoms with van der Waals surface area (Å²) in [6, 6.07) is 12.0. The van der Waals surface area contributed by atoms with Crippen LogP contribution < -0.4 is 5.73 Å². The molecule has 3 nitrogen and oxygen atoms in total. The maximum atomic E-state index is 13.3. The van der Waals surface area contributed by atoms with Gasteiger partial charge in [0.25, 0.3) is 0 Å². The summed E-state index contributed by atoms with van der Waals surface area (Å²) in [4.78, 5) is 0. The van der Waals surface area contributed by atoms with Gasteiger partial charge in [-0.1, -0.05) is 39.3 Å². The molecule has 0 aliphatic carbocycles. The molecule has 0 unspecified atom stereocenters. The van der Waals surface area contributed by atoms with E-state index in [9.17, 15) is 4.39 Å². The molecule has 0 fully saturated rings. The minimum Gasteiger partial charge on any atom is -0.367 e. The molecule has 2 aromatic carbocycles. The molecular weight excluding hydrogens is 403 g/mol. The molecule has 1 heterocycles. The zero-order valence-corrected chi connectivity index (χ0v) is 13.8. The minimum atomic E-state index is -0.329. The van der Waals surface area contributed by atoms with Crippen molar-refractivity contribution in [3.63, 3.8) is 0 Å². The lowest BCUT2D eigenvalue weighted by atomic mass is 10.0. The van der Waals surface area contributed by atoms with Crippen molar-refractivity contribution in [2.24, 2.45) is 0 Å². The number of anilines is 1. The van der Waals surface area contributed by atoms with E-state index in [4.69, 9.17) is 10.3 Å². The minimum absolute atomic E-state index is 0.216. The first-order valence-electron chi connectivity index (χ1n) is 6.03. The lowest BCUT2D eigenvalue weighted by Gasteiger charge is -2.06. The van der Waals surface area contributed by atoms with E-state index in [-0.39, 0.29) is 11.7 Å². The summed E-state index contributed by atoms with van der Waals surface area (Å²) in [6.45, 7) is 0. The standard InChI is InChI=1S/C15H9Br2FN2O/c16-11-4-2-1-3-9(11)13-14(20-21-15(13)19)10-6-5-8(18)7-12(10)17/h1-7H,19H2. The van der Waals surface area contributed by atoms with Crippen molar-refractivity contribution in [2.45, 2.75) is 0 Å². The van der Waals surface area contributed by atoms with Crippen LogP contribution in [0.4, 0.5) is 10.3 Å². The smallest absolute Gasteiger partial charge is 0.230 e. The summed E-state index contributed by atoms with van der Waals surface area (Å²) in [5.74, 6) is -0.113. The summed E-state index contributed by atoms with van der Waals surface area (Å²) in [5, 5.41) is 4.02. The molecule has 0 amide bonds. The van der Waals surface area contributed by atoms with E-state index < -0.39 is 0 Å². The first-order chi connectivity index (χ1) is 10.1. The van der Waals surface area contributed by atoms with Gasteiger partial charge in [0.2, 0.25) is 5.88 Å². The summed E-state index contributed by atoms with van der Waals surface area (Å²) in [7, 11) is 0. The van der Waals surface area contributed by atoms with Crippen LogP contribution in [0.2, 0.25) is 0 Å². The van der Waals surface area contributed by atoms with Crippen LogP contribution in [0.1, 0.15) is 0 Å². The van der Waals surface area contributed by atoms with Gasteiger partial charge in [0, 0.05) is 20.1 Å². The van der Waals surface area contributed by atoms with Crippen LogP contribution in [0.25, 0.3) is 22.4 Å². The van der Waals surface area contributed by atoms with Crippen molar-refractivity contribution < 1.29 is 8.91 Å². The van der Waals surface area contributed by atoms with E-state index in [0.717, 1.165) is 10.0 Å². The Bertz CT molecular complexity index is 817. The molecule has 0 saturated heterocycles. The molecule has 3 aromatic rings. The molecule has 0 aliphatic heterocycles. The Labute approximate surface area is 137 Å². The highest BCUT2D eigenvalue weighted by molar-refractivity contribution is 9.11. The van der Waals surface area contributed by atoms with Crippen LogP contribution in [0.5, 0.6) is 0 Å². The van der Waals surface area contributed by atoms with E-state index >= 15 is 0 Å². The molecule has 1 aromatic heterocycles. The van der Waals surface area contributed by atoms with Gasteiger partial charge in [-0.05, 0) is 40.2 Å². The summed E-state index contributed by atoms with van der Waals surface area (Å²) >= 11 is 6.84. The van der Waals surface area contributed by atoms with Gasteiger partial charge < -0.3 is 10.3 Å². The van der Waals surface area contributed by atoms with Crippen LogP contribution in [0, 0.1) is 5.82 Å². The van der Waals surface area contributed by atoms with Crippen LogP contribution in [-0.4, -0.2) is 5.16 Å². The van der Waals surface area contributed by atoms with Crippen molar-refractivity contribution in [3.05, 3.63) is 57.2 Å². The Kier molecular flexibility index (Phi) is 3.82. The number of nitrogens with two attached hydrogens (primary N) is 1. The quantitative estimate of drug-likeness (QED) is 0.626. The van der Waals surface area contributed by atoms with Crippen LogP contribution >= 0.6 is 31.9 Å². The van der Waals surface area contributed by atoms with Gasteiger partial charge in [0.05, 0.1) is 5.56 Å². The summed E-state index contributed by atoms with van der Waals surface area (Å²) in [5.41, 5.74) is 8.73. The fourth-order valence-electron chi connectivity index (χ4n) is 2.09. The van der Waals surface area contributed by atoms with Crippen molar-refractivity contribution in [1.82, 2.24) is 5.16 Å². The van der Waals surface area contributed by atoms with E-state index in [1.54, 1.807) is 6.07 Å². The third kappa shape index (κ3) is 2.61. The zero-order chi connectivity index (χ0) is 15.0. The summed E-state index contributed by atoms with van der Waals surface area (Å²) in [6.07, 6.45) is 0. The van der Waals surface area contributed by atoms with Gasteiger partial charge in [-0.15, -0.1) is 0 Å². The third-order valence-corrected chi connectivity index (χ3v) is 4.40. The normalized spacial score (nSPS) is 10.8. The second kappa shape index (κ2) is 5.61. The fraction of sp³-hybridized carbons (Fsp3) is 0. The average molecular weight is 412 g/mol. The Morgan fingerprint density at radius 1 is 1.00 bits per heavy atom. The number of aromatic nitrogens is 1. The number of halogens is 3. The van der Waals surface area contributed by atoms with Gasteiger partial charge in [-0.3, -0.25) is 0 Å². The SMILES string of the molecule is Nc1onc(-c2ccc(F)cc2Br)c1-c1ccccc1Br. The lowest BCUT2D eigenvalue weighted by Crippen LogP contribution is -1.90. The van der Waals surface area contributed by atoms with Gasteiger partial charge in [-0.25, -0.2) is 4.39 Å². The van der Waals surface area contributed by atoms with Crippen molar-refractivity contribution in [2.75, 3.05) is 5.73 Å². The highest BCUT2D eigenvalue weighted by atomic mass is 79.9. The van der Waals surface area contributed by atoms with Crippen LogP contribution in [0.15, 0.2) is 55.9 Å². The Morgan fingerprint density at radius 3 is 2.48 bits per heavy atom. The molecule has 21 heavy (non-hydrogen) atoms. The number of benzene rings is 2. The first kappa shape index (κ1) is 14.3. The monoisotopic (exact) mass is 410 g/mol. The second-order valence-corrected chi connectivity index (χ2v) is 6.08. The van der Waals surface area contributed by atoms with E-state index in [0.29, 0.717) is 21.3 Å². The highest BCUT2D eigenvalue weighted by Gasteiger charge is 2.20. The van der Waals surface area contributed by atoms with Gasteiger partial charge in [-0.2, -0.15) is 0 Å². The van der Waals surface area contributed by atoms with Crippen molar-refractivity contribution >= 4 is 37.7 Å². The zero-order valence-electron chi connectivity index (χ0n) is 10.6. The maximum Gasteiger partial charge on any atom is 0.230 e. The molecule has 106 valence electrons. The topological polar surface area (TPSA) is 52.0 Å². The maximum absolute atomic E-state index is 13.3. The van der Waals surface area contributed by atoms with E-state index in [2.05, 4.69) is 37.0 Å². The van der Waals surface area contributed by atoms with Gasteiger partial charge >= 0.3 is 0 Å². The number of rotatable bonds is 2. The Balaban J connectivity index is 2.25. The van der Waals surface area contributed by atoms with Crippen LogP contribution in [0.3, 0.4) is 0 Å². The number of hydrogen-bond donors (Lipinski definition) is 1. The predicted octanol–water partition coefficient (Wildman–Crippen LogP) is 5.25. The van der Waals surface area contributed by atoms with Gasteiger partial charge in [0.1, 0.15) is 11.5 Å². The average Bonchev–Trinajstić information content (AvgIpc) is 2.81. The van der Waals surface area contributed by atoms with E-state index in [1.807, 2.05) is 24.3 Å². The second-order valence-electron chi connectivity index (χ2n) is 4.37. The number of hydrogen-bond acceptors (Lipinski definition) is 3. The molecule has 0 spiro atoms. The third-order valence-electron chi connectivity index (χ3n) is 3.05. The molecule has 2 N–H and O–H groups in total. The summed E-state index contributed by atoms with van der Waals surface area (Å²) < 4.78 is 19.8. The molecule has 0 saturated carbocycles. The predicted molar refractivity (Wildman–Crippen MR) is 87.1 cm³/mol. The first-order valence-corrected chi connectivity index (χ1v) is 7.62. The largest absolute Gasteiger partial charge is 0.367 e. The highest BCUT2D eigenvalue weighted by Crippen LogP contribution is 2.41. The Hall–Kier alpha value is -1.66. The molecule has 0 aliphatic rings. The van der Waals surface area contributed by atoms with Crippen molar-refractivity contribution in [1.29, 1.82) is 0 Å². The molecular formula is C15H9Br2FN2O. The number of nitrogen functional groups attached to an aromatic ring is 1. The van der Waals surface area contributed by atoms with E-state index in [1.165, 1.54) is 12.1 Å². The lowest BCUT2D eigenvalue weighted by molar-refractivity contribution is 0.439. The molecule has 0 radical (unpaired) electrons. The molecule has 3 rings (SSSR count).